The molecule has 0 aliphatic rings. The quantitative estimate of drug-likeness (QED) is 0.503. The van der Waals surface area contributed by atoms with Crippen LogP contribution in [-0.4, -0.2) is 65.0 Å². The minimum Gasteiger partial charge on any atom is -0.474 e. The molecular weight excluding hydrogens is 207 g/mol. The fourth-order valence-corrected chi connectivity index (χ4v) is 1.96. The molecule has 0 atom stereocenters. The van der Waals surface area contributed by atoms with Gasteiger partial charge in [0.05, 0.1) is 0 Å². The van der Waals surface area contributed by atoms with Crippen LogP contribution in [0.2, 0.25) is 0 Å². The van der Waals surface area contributed by atoms with Gasteiger partial charge in [0.2, 0.25) is 0 Å². The summed E-state index contributed by atoms with van der Waals surface area (Å²) < 4.78 is 19.9. The molecule has 0 fully saturated rings. The summed E-state index contributed by atoms with van der Waals surface area (Å²) in [5.41, 5.74) is 0. The van der Waals surface area contributed by atoms with Crippen LogP contribution in [0, 0.1) is 0 Å². The maximum Gasteiger partial charge on any atom is 0.749 e. The first-order valence-corrected chi connectivity index (χ1v) is 4.99. The molecule has 0 saturated carbocycles. The summed E-state index contributed by atoms with van der Waals surface area (Å²) in [6.07, 6.45) is 0. The molecule has 0 heterocycles. The van der Waals surface area contributed by atoms with E-state index < -0.39 is 9.05 Å². The van der Waals surface area contributed by atoms with Crippen molar-refractivity contribution in [1.29, 1.82) is 0 Å². The SMILES string of the molecule is CO[Si](OC)(OC)OC(C)=S.[Na]. The minimum atomic E-state index is -2.92. The Morgan fingerprint density at radius 3 is 1.50 bits per heavy atom. The van der Waals surface area contributed by atoms with Crippen LogP contribution in [0.4, 0.5) is 0 Å². The van der Waals surface area contributed by atoms with Crippen molar-refractivity contribution < 1.29 is 17.7 Å². The molecule has 1 radical (unpaired) electrons. The summed E-state index contributed by atoms with van der Waals surface area (Å²) in [5, 5.41) is 0.349. The first-order valence-electron chi connectivity index (χ1n) is 2.95. The van der Waals surface area contributed by atoms with Crippen molar-refractivity contribution in [2.24, 2.45) is 0 Å². The third-order valence-corrected chi connectivity index (χ3v) is 3.31. The molecule has 67 valence electrons. The van der Waals surface area contributed by atoms with Crippen molar-refractivity contribution in [3.63, 3.8) is 0 Å². The fraction of sp³-hybridized carbons (Fsp3) is 0.800. The van der Waals surface area contributed by atoms with E-state index in [1.54, 1.807) is 6.92 Å². The molecule has 0 saturated heterocycles. The van der Waals surface area contributed by atoms with E-state index >= 15 is 0 Å². The van der Waals surface area contributed by atoms with Crippen molar-refractivity contribution in [3.8, 4) is 0 Å². The fourth-order valence-electron chi connectivity index (χ4n) is 0.551. The largest absolute Gasteiger partial charge is 0.749 e. The van der Waals surface area contributed by atoms with Gasteiger partial charge in [-0.15, -0.1) is 0 Å². The molecule has 0 bridgehead atoms. The summed E-state index contributed by atoms with van der Waals surface area (Å²) in [7, 11) is 1.45. The molecule has 4 nitrogen and oxygen atoms in total. The van der Waals surface area contributed by atoms with E-state index in [1.165, 1.54) is 21.3 Å². The van der Waals surface area contributed by atoms with Crippen LogP contribution in [0.5, 0.6) is 0 Å². The second-order valence-corrected chi connectivity index (χ2v) is 4.71. The van der Waals surface area contributed by atoms with Crippen LogP contribution < -0.4 is 0 Å². The normalized spacial score (nSPS) is 10.3. The summed E-state index contributed by atoms with van der Waals surface area (Å²) >= 11 is 4.72. The van der Waals surface area contributed by atoms with Crippen molar-refractivity contribution in [2.75, 3.05) is 21.3 Å². The molecular formula is C5H12NaO4SSi. The first-order chi connectivity index (χ1) is 5.10. The van der Waals surface area contributed by atoms with E-state index in [4.69, 9.17) is 29.9 Å². The second-order valence-electron chi connectivity index (χ2n) is 1.71. The Labute approximate surface area is 101 Å². The van der Waals surface area contributed by atoms with Crippen LogP contribution >= 0.6 is 12.2 Å². The third-order valence-electron chi connectivity index (χ3n) is 1.02. The van der Waals surface area contributed by atoms with Crippen molar-refractivity contribution >= 4 is 55.9 Å². The Bertz CT molecular complexity index is 133. The smallest absolute Gasteiger partial charge is 0.474 e. The molecule has 12 heavy (non-hydrogen) atoms. The monoisotopic (exact) mass is 219 g/mol. The van der Waals surface area contributed by atoms with Gasteiger partial charge in [0, 0.05) is 57.8 Å². The summed E-state index contributed by atoms with van der Waals surface area (Å²) in [4.78, 5) is 0. The molecule has 0 amide bonds. The zero-order chi connectivity index (χ0) is 8.91. The van der Waals surface area contributed by atoms with Gasteiger partial charge in [-0.2, -0.15) is 0 Å². The average Bonchev–Trinajstić information content (AvgIpc) is 2.00. The topological polar surface area (TPSA) is 36.9 Å². The Kier molecular flexibility index (Phi) is 9.53. The van der Waals surface area contributed by atoms with E-state index in [-0.39, 0.29) is 29.6 Å². The number of rotatable bonds is 4. The van der Waals surface area contributed by atoms with E-state index in [9.17, 15) is 0 Å². The van der Waals surface area contributed by atoms with Gasteiger partial charge in [-0.05, 0) is 12.2 Å². The van der Waals surface area contributed by atoms with Gasteiger partial charge in [0.1, 0.15) is 5.05 Å². The Morgan fingerprint density at radius 1 is 1.08 bits per heavy atom. The van der Waals surface area contributed by atoms with Crippen molar-refractivity contribution in [3.05, 3.63) is 0 Å². The molecule has 0 unspecified atom stereocenters. The molecule has 0 spiro atoms. The maximum atomic E-state index is 5.09. The van der Waals surface area contributed by atoms with Crippen LogP contribution in [0.15, 0.2) is 0 Å². The van der Waals surface area contributed by atoms with E-state index in [1.807, 2.05) is 0 Å². The summed E-state index contributed by atoms with van der Waals surface area (Å²) in [6, 6.07) is 0. The summed E-state index contributed by atoms with van der Waals surface area (Å²) in [5.74, 6) is 0. The third kappa shape index (κ3) is 4.88. The van der Waals surface area contributed by atoms with Gasteiger partial charge in [-0.1, -0.05) is 0 Å². The van der Waals surface area contributed by atoms with Crippen molar-refractivity contribution in [1.82, 2.24) is 0 Å². The predicted octanol–water partition coefficient (Wildman–Crippen LogP) is 0.344. The molecule has 0 aromatic rings. The Balaban J connectivity index is 0. The molecule has 0 N–H and O–H groups in total. The summed E-state index contributed by atoms with van der Waals surface area (Å²) in [6.45, 7) is 1.63. The average molecular weight is 219 g/mol. The molecule has 7 heteroatoms. The van der Waals surface area contributed by atoms with E-state index in [2.05, 4.69) is 0 Å². The standard InChI is InChI=1S/C5H12O4SSi.Na/c1-5(10)9-11(6-2,7-3)8-4;/h1-4H3;. The molecule has 0 aromatic heterocycles. The van der Waals surface area contributed by atoms with E-state index in [0.717, 1.165) is 0 Å². The Hall–Kier alpha value is 0.987. The minimum absolute atomic E-state index is 0. The second kappa shape index (κ2) is 7.40. The number of hydrogen-bond acceptors (Lipinski definition) is 5. The number of thiocarbonyl (C=S) groups is 1. The van der Waals surface area contributed by atoms with Gasteiger partial charge in [0.25, 0.3) is 0 Å². The molecule has 0 aromatic carbocycles. The molecule has 0 aliphatic heterocycles. The zero-order valence-corrected chi connectivity index (χ0v) is 11.9. The van der Waals surface area contributed by atoms with Crippen LogP contribution in [0.3, 0.4) is 0 Å². The predicted molar refractivity (Wildman–Crippen MR) is 51.9 cm³/mol. The van der Waals surface area contributed by atoms with Gasteiger partial charge in [0.15, 0.2) is 0 Å². The van der Waals surface area contributed by atoms with Crippen LogP contribution in [0.25, 0.3) is 0 Å². The molecule has 0 rings (SSSR count). The zero-order valence-electron chi connectivity index (χ0n) is 8.04. The number of hydrogen-bond donors (Lipinski definition) is 0. The van der Waals surface area contributed by atoms with E-state index in [0.29, 0.717) is 5.05 Å². The Morgan fingerprint density at radius 2 is 1.42 bits per heavy atom. The van der Waals surface area contributed by atoms with Crippen LogP contribution in [-0.2, 0) is 17.7 Å². The first kappa shape index (κ1) is 15.5. The van der Waals surface area contributed by atoms with Gasteiger partial charge in [-0.25, -0.2) is 0 Å². The van der Waals surface area contributed by atoms with Gasteiger partial charge < -0.3 is 17.7 Å². The van der Waals surface area contributed by atoms with Crippen molar-refractivity contribution in [2.45, 2.75) is 6.92 Å². The van der Waals surface area contributed by atoms with Crippen LogP contribution in [0.1, 0.15) is 6.92 Å². The van der Waals surface area contributed by atoms with Gasteiger partial charge in [-0.3, -0.25) is 0 Å². The molecule has 0 aliphatic carbocycles. The van der Waals surface area contributed by atoms with Gasteiger partial charge >= 0.3 is 9.05 Å². The maximum absolute atomic E-state index is 5.09.